The van der Waals surface area contributed by atoms with Crippen LogP contribution in [-0.2, 0) is 23.1 Å². The number of halogens is 3. The molecule has 0 aliphatic carbocycles. The Morgan fingerprint density at radius 2 is 1.32 bits per heavy atom. The fourth-order valence-electron chi connectivity index (χ4n) is 6.41. The number of hydrogen-bond donors (Lipinski definition) is 1. The van der Waals surface area contributed by atoms with Crippen LogP contribution in [0.2, 0.25) is 0 Å². The van der Waals surface area contributed by atoms with Gasteiger partial charge < -0.3 is 10.0 Å². The maximum absolute atomic E-state index is 14.9. The van der Waals surface area contributed by atoms with E-state index in [4.69, 9.17) is 4.98 Å². The minimum absolute atomic E-state index is 0.144. The molecule has 1 aliphatic heterocycles. The van der Waals surface area contributed by atoms with Gasteiger partial charge in [0.1, 0.15) is 17.8 Å². The predicted octanol–water partition coefficient (Wildman–Crippen LogP) is 6.66. The molecule has 10 heteroatoms. The van der Waals surface area contributed by atoms with Crippen LogP contribution in [0, 0.1) is 0 Å². The van der Waals surface area contributed by atoms with Gasteiger partial charge in [-0.1, -0.05) is 97.1 Å². The summed E-state index contributed by atoms with van der Waals surface area (Å²) in [5, 5.41) is 9.94. The number of pyridine rings is 1. The van der Waals surface area contributed by atoms with Crippen molar-refractivity contribution in [2.45, 2.75) is 24.7 Å². The quantitative estimate of drug-likeness (QED) is 0.199. The molecule has 2 aromatic heterocycles. The average molecular weight is 635 g/mol. The summed E-state index contributed by atoms with van der Waals surface area (Å²) in [6.07, 6.45) is -2.50. The van der Waals surface area contributed by atoms with Gasteiger partial charge in [0, 0.05) is 24.8 Å². The monoisotopic (exact) mass is 634 g/mol. The summed E-state index contributed by atoms with van der Waals surface area (Å²) in [6, 6.07) is 33.4. The van der Waals surface area contributed by atoms with Crippen LogP contribution in [0.4, 0.5) is 13.2 Å². The lowest BCUT2D eigenvalue weighted by Crippen LogP contribution is -2.47. The highest BCUT2D eigenvalue weighted by Crippen LogP contribution is 2.42. The molecule has 6 aromatic rings. The second-order valence-corrected chi connectivity index (χ2v) is 11.5. The van der Waals surface area contributed by atoms with Crippen LogP contribution in [0.3, 0.4) is 0 Å². The van der Waals surface area contributed by atoms with Gasteiger partial charge >= 0.3 is 11.9 Å². The number of alkyl halides is 3. The van der Waals surface area contributed by atoms with E-state index in [1.165, 1.54) is 16.8 Å². The van der Waals surface area contributed by atoms with Crippen LogP contribution in [0.15, 0.2) is 126 Å². The van der Waals surface area contributed by atoms with Crippen molar-refractivity contribution in [1.82, 2.24) is 19.0 Å². The third-order valence-corrected chi connectivity index (χ3v) is 8.82. The number of likely N-dealkylation sites (tertiary alicyclic amines) is 1. The molecule has 0 saturated carbocycles. The molecule has 1 aliphatic rings. The maximum Gasteiger partial charge on any atom is 0.419 e. The highest BCUT2D eigenvalue weighted by Gasteiger charge is 2.42. The van der Waals surface area contributed by atoms with E-state index in [-0.39, 0.29) is 34.7 Å². The minimum atomic E-state index is -4.78. The Hall–Kier alpha value is -5.64. The van der Waals surface area contributed by atoms with Crippen molar-refractivity contribution in [2.24, 2.45) is 0 Å². The Bertz CT molecular complexity index is 2040. The number of aromatic nitrogens is 3. The number of carbonyl (C=O) groups excluding carboxylic acids is 1. The molecule has 1 saturated heterocycles. The lowest BCUT2D eigenvalue weighted by atomic mass is 9.76. The lowest BCUT2D eigenvalue weighted by Gasteiger charge is -2.37. The third-order valence-electron chi connectivity index (χ3n) is 8.82. The number of benzene rings is 4. The molecule has 7 nitrogen and oxygen atoms in total. The second-order valence-electron chi connectivity index (χ2n) is 11.5. The summed E-state index contributed by atoms with van der Waals surface area (Å²) in [5.41, 5.74) is 0.342. The van der Waals surface area contributed by atoms with Crippen molar-refractivity contribution >= 4 is 17.1 Å². The molecule has 1 fully saturated rings. The van der Waals surface area contributed by atoms with Crippen molar-refractivity contribution in [3.05, 3.63) is 154 Å². The molecule has 4 aromatic carbocycles. The Morgan fingerprint density at radius 3 is 1.81 bits per heavy atom. The molecular formula is C37H29F3N4O3. The first kappa shape index (κ1) is 30.0. The average Bonchev–Trinajstić information content (AvgIpc) is 3.32. The van der Waals surface area contributed by atoms with Gasteiger partial charge in [0.15, 0.2) is 5.65 Å². The van der Waals surface area contributed by atoms with Gasteiger partial charge in [-0.2, -0.15) is 13.2 Å². The molecule has 0 radical (unpaired) electrons. The van der Waals surface area contributed by atoms with Gasteiger partial charge in [-0.25, -0.2) is 9.78 Å². The first-order valence-electron chi connectivity index (χ1n) is 15.2. The Balaban J connectivity index is 1.56. The zero-order chi connectivity index (χ0) is 32.8. The first-order valence-corrected chi connectivity index (χ1v) is 15.2. The first-order chi connectivity index (χ1) is 22.7. The molecular weight excluding hydrogens is 605 g/mol. The summed E-state index contributed by atoms with van der Waals surface area (Å²) < 4.78 is 44.1. The highest BCUT2D eigenvalue weighted by atomic mass is 19.4. The van der Waals surface area contributed by atoms with Crippen molar-refractivity contribution in [1.29, 1.82) is 0 Å². The fourth-order valence-corrected chi connectivity index (χ4v) is 6.41. The van der Waals surface area contributed by atoms with E-state index >= 15 is 0 Å². The number of carbonyl (C=O) groups is 1. The number of phenolic OH excluding ortho intramolecular Hbond substituents is 1. The van der Waals surface area contributed by atoms with Crippen LogP contribution in [0.5, 0.6) is 5.75 Å². The molecule has 236 valence electrons. The molecule has 0 atom stereocenters. The summed E-state index contributed by atoms with van der Waals surface area (Å²) in [4.78, 5) is 34.7. The van der Waals surface area contributed by atoms with Crippen molar-refractivity contribution < 1.29 is 23.1 Å². The zero-order valence-electron chi connectivity index (χ0n) is 25.1. The Morgan fingerprint density at radius 1 is 0.766 bits per heavy atom. The predicted molar refractivity (Wildman–Crippen MR) is 172 cm³/mol. The van der Waals surface area contributed by atoms with Crippen LogP contribution in [-0.4, -0.2) is 43.1 Å². The molecule has 0 bridgehead atoms. The van der Waals surface area contributed by atoms with Gasteiger partial charge in [-0.3, -0.25) is 13.9 Å². The maximum atomic E-state index is 14.9. The van der Waals surface area contributed by atoms with E-state index in [1.807, 2.05) is 91.0 Å². The largest absolute Gasteiger partial charge is 0.507 e. The SMILES string of the molecule is O=C(Cn1c(=O)n(C(c2ccccc2)(c2ccccc2)c2ccccc2)c2ncc(-c3ccc(O)c(C(F)(F)F)c3)cc21)N1CCC1. The molecule has 7 rings (SSSR count). The topological polar surface area (TPSA) is 80.4 Å². The van der Waals surface area contributed by atoms with E-state index < -0.39 is 28.7 Å². The third kappa shape index (κ3) is 5.06. The van der Waals surface area contributed by atoms with Crippen LogP contribution in [0.25, 0.3) is 22.3 Å². The number of phenols is 1. The van der Waals surface area contributed by atoms with Crippen molar-refractivity contribution in [3.8, 4) is 16.9 Å². The molecule has 47 heavy (non-hydrogen) atoms. The fraction of sp³-hybridized carbons (Fsp3) is 0.162. The van der Waals surface area contributed by atoms with Crippen LogP contribution in [0.1, 0.15) is 28.7 Å². The Kier molecular flexibility index (Phi) is 7.43. The van der Waals surface area contributed by atoms with Crippen LogP contribution < -0.4 is 5.69 Å². The summed E-state index contributed by atoms with van der Waals surface area (Å²) >= 11 is 0. The molecule has 3 heterocycles. The van der Waals surface area contributed by atoms with Crippen LogP contribution >= 0.6 is 0 Å². The summed E-state index contributed by atoms with van der Waals surface area (Å²) in [6.45, 7) is 0.905. The van der Waals surface area contributed by atoms with E-state index in [1.54, 1.807) is 15.5 Å². The van der Waals surface area contributed by atoms with E-state index in [9.17, 15) is 27.9 Å². The number of aromatic hydroxyl groups is 1. The number of nitrogens with zero attached hydrogens (tertiary/aromatic N) is 4. The second kappa shape index (κ2) is 11.6. The van der Waals surface area contributed by atoms with E-state index in [2.05, 4.69) is 0 Å². The number of hydrogen-bond acceptors (Lipinski definition) is 4. The zero-order valence-corrected chi connectivity index (χ0v) is 25.1. The molecule has 1 N–H and O–H groups in total. The molecule has 0 unspecified atom stereocenters. The van der Waals surface area contributed by atoms with E-state index in [0.717, 1.165) is 35.2 Å². The summed E-state index contributed by atoms with van der Waals surface area (Å²) in [5.74, 6) is -1.13. The van der Waals surface area contributed by atoms with Crippen molar-refractivity contribution in [3.63, 3.8) is 0 Å². The molecule has 1 amide bonds. The minimum Gasteiger partial charge on any atom is -0.507 e. The molecule has 0 spiro atoms. The van der Waals surface area contributed by atoms with Gasteiger partial charge in [0.25, 0.3) is 0 Å². The summed E-state index contributed by atoms with van der Waals surface area (Å²) in [7, 11) is 0. The normalized spacial score (nSPS) is 13.5. The van der Waals surface area contributed by atoms with E-state index in [0.29, 0.717) is 13.1 Å². The number of rotatable bonds is 7. The van der Waals surface area contributed by atoms with Gasteiger partial charge in [0.2, 0.25) is 5.91 Å². The number of imidazole rings is 1. The van der Waals surface area contributed by atoms with Crippen molar-refractivity contribution in [2.75, 3.05) is 13.1 Å². The van der Waals surface area contributed by atoms with Gasteiger partial charge in [0.05, 0.1) is 11.1 Å². The number of fused-ring (bicyclic) bond motifs is 1. The highest BCUT2D eigenvalue weighted by molar-refractivity contribution is 5.83. The standard InChI is InChI=1S/C37H29F3N4O3/c38-37(39,40)30-21-25(17-18-32(30)45)26-22-31-34(41-23-26)44(35(47)43(31)24-33(46)42-19-10-20-42)36(27-11-4-1-5-12-27,28-13-6-2-7-14-28)29-15-8-3-9-16-29/h1-9,11-18,21-23,45H,10,19-20,24H2. The van der Waals surface area contributed by atoms with Gasteiger partial charge in [-0.05, 0) is 46.9 Å². The smallest absolute Gasteiger partial charge is 0.419 e. The number of amides is 1. The Labute approximate surface area is 267 Å². The van der Waals surface area contributed by atoms with Gasteiger partial charge in [-0.15, -0.1) is 0 Å². The lowest BCUT2D eigenvalue weighted by molar-refractivity contribution is -0.138.